The normalized spacial score (nSPS) is 32.6. The van der Waals surface area contributed by atoms with Gasteiger partial charge in [-0.25, -0.2) is 0 Å². The summed E-state index contributed by atoms with van der Waals surface area (Å²) >= 11 is 0. The Morgan fingerprint density at radius 1 is 0.569 bits per heavy atom. The predicted octanol–water partition coefficient (Wildman–Crippen LogP) is 5.91. The molecule has 1 unspecified atom stereocenters. The number of nitrogens with one attached hydrogen (secondary N) is 1. The standard InChI is InChI=1S/C56H65NO15/c1-35-46(62-30-37-19-9-4-10-20-37)49(63-31-38-21-11-5-12-22-38)51(65-33-40-25-15-7-16-26-40)55(67-35)72-52-50(64-32-39-23-13-6-14-24-39)47-43(34-66-53(70-47)41-27-17-8-18-28-41)69-56(52)71-48-44(57-36(2)59)54(61-3)68-42(29-58)45(48)60/h4-28,35,42-56,58,60H,29-34H2,1-3H3,(H,57,59)/t35-,42+,43+,44+,45-,46+,47-,48+,49+,50-,51-,52+,53?,54-,55-,56-/m0/s1. The second kappa shape index (κ2) is 25.3. The lowest BCUT2D eigenvalue weighted by molar-refractivity contribution is -0.410. The highest BCUT2D eigenvalue weighted by atomic mass is 16.8. The van der Waals surface area contributed by atoms with Crippen molar-refractivity contribution in [3.63, 3.8) is 0 Å². The summed E-state index contributed by atoms with van der Waals surface area (Å²) in [6.07, 6.45) is -15.3. The van der Waals surface area contributed by atoms with Crippen molar-refractivity contribution in [3.8, 4) is 0 Å². The smallest absolute Gasteiger partial charge is 0.217 e. The van der Waals surface area contributed by atoms with E-state index in [4.69, 9.17) is 56.8 Å². The third kappa shape index (κ3) is 12.8. The third-order valence-corrected chi connectivity index (χ3v) is 13.3. The maximum absolute atomic E-state index is 12.8. The number of hydrogen-bond acceptors (Lipinski definition) is 15. The first-order valence-electron chi connectivity index (χ1n) is 24.6. The van der Waals surface area contributed by atoms with Crippen LogP contribution in [0.2, 0.25) is 0 Å². The highest BCUT2D eigenvalue weighted by Crippen LogP contribution is 2.41. The Balaban J connectivity index is 1.12. The van der Waals surface area contributed by atoms with E-state index in [9.17, 15) is 15.0 Å². The highest BCUT2D eigenvalue weighted by Gasteiger charge is 2.58. The van der Waals surface area contributed by atoms with Gasteiger partial charge >= 0.3 is 0 Å². The summed E-state index contributed by atoms with van der Waals surface area (Å²) in [5, 5.41) is 25.2. The Kier molecular flexibility index (Phi) is 18.2. The summed E-state index contributed by atoms with van der Waals surface area (Å²) in [5.41, 5.74) is 4.48. The lowest BCUT2D eigenvalue weighted by Crippen LogP contribution is -2.70. The van der Waals surface area contributed by atoms with Gasteiger partial charge in [0.2, 0.25) is 5.91 Å². The largest absolute Gasteiger partial charge is 0.394 e. The second-order valence-electron chi connectivity index (χ2n) is 18.4. The number of carbonyl (C=O) groups is 1. The second-order valence-corrected chi connectivity index (χ2v) is 18.4. The molecule has 1 amide bonds. The fraction of sp³-hybridized carbons (Fsp3) is 0.446. The third-order valence-electron chi connectivity index (χ3n) is 13.3. The van der Waals surface area contributed by atoms with Crippen LogP contribution in [0.1, 0.15) is 48.0 Å². The summed E-state index contributed by atoms with van der Waals surface area (Å²) in [5.74, 6) is -0.440. The first-order valence-corrected chi connectivity index (χ1v) is 24.6. The maximum Gasteiger partial charge on any atom is 0.217 e. The molecule has 0 saturated carbocycles. The van der Waals surface area contributed by atoms with E-state index in [-0.39, 0.29) is 33.0 Å². The number of aliphatic hydroxyl groups is 2. The number of hydrogen-bond donors (Lipinski definition) is 3. The van der Waals surface area contributed by atoms with Crippen molar-refractivity contribution in [1.29, 1.82) is 0 Å². The molecule has 5 aromatic rings. The molecule has 4 aliphatic rings. The molecule has 16 atom stereocenters. The highest BCUT2D eigenvalue weighted by molar-refractivity contribution is 5.73. The number of amides is 1. The molecule has 4 aliphatic heterocycles. The molecule has 0 aromatic heterocycles. The fourth-order valence-corrected chi connectivity index (χ4v) is 9.64. The van der Waals surface area contributed by atoms with E-state index in [0.717, 1.165) is 27.8 Å². The topological polar surface area (TPSA) is 180 Å². The summed E-state index contributed by atoms with van der Waals surface area (Å²) < 4.78 is 80.5. The molecule has 0 radical (unpaired) electrons. The molecule has 4 fully saturated rings. The van der Waals surface area contributed by atoms with Crippen LogP contribution in [0, 0.1) is 0 Å². The molecule has 0 spiro atoms. The van der Waals surface area contributed by atoms with Crippen LogP contribution < -0.4 is 5.32 Å². The number of rotatable bonds is 20. The number of ether oxygens (including phenoxy) is 12. The molecule has 9 rings (SSSR count). The van der Waals surface area contributed by atoms with Gasteiger partial charge in [-0.1, -0.05) is 152 Å². The van der Waals surface area contributed by atoms with Gasteiger partial charge in [0.25, 0.3) is 0 Å². The zero-order valence-electron chi connectivity index (χ0n) is 40.6. The van der Waals surface area contributed by atoms with E-state index in [1.807, 2.05) is 159 Å². The minimum absolute atomic E-state index is 0.0586. The number of fused-ring (bicyclic) bond motifs is 1. The van der Waals surface area contributed by atoms with Gasteiger partial charge in [0.05, 0.1) is 45.7 Å². The Morgan fingerprint density at radius 2 is 1.04 bits per heavy atom. The summed E-state index contributed by atoms with van der Waals surface area (Å²) in [7, 11) is 1.40. The zero-order valence-corrected chi connectivity index (χ0v) is 40.6. The van der Waals surface area contributed by atoms with E-state index in [1.165, 1.54) is 14.0 Å². The van der Waals surface area contributed by atoms with Crippen LogP contribution in [-0.2, 0) is 88.1 Å². The van der Waals surface area contributed by atoms with Crippen LogP contribution in [-0.4, -0.2) is 128 Å². The molecule has 384 valence electrons. The van der Waals surface area contributed by atoms with Crippen molar-refractivity contribution in [2.45, 2.75) is 139 Å². The number of carbonyl (C=O) groups excluding carboxylic acids is 1. The molecule has 16 heteroatoms. The summed E-state index contributed by atoms with van der Waals surface area (Å²) in [6, 6.07) is 47.7. The van der Waals surface area contributed by atoms with Crippen molar-refractivity contribution >= 4 is 5.91 Å². The monoisotopic (exact) mass is 991 g/mol. The molecule has 0 bridgehead atoms. The molecule has 72 heavy (non-hydrogen) atoms. The van der Waals surface area contributed by atoms with Gasteiger partial charge in [-0.05, 0) is 29.2 Å². The fourth-order valence-electron chi connectivity index (χ4n) is 9.64. The number of aliphatic hydroxyl groups excluding tert-OH is 2. The van der Waals surface area contributed by atoms with Gasteiger partial charge in [0, 0.05) is 19.6 Å². The van der Waals surface area contributed by atoms with Crippen LogP contribution in [0.25, 0.3) is 0 Å². The molecular formula is C56H65NO15. The van der Waals surface area contributed by atoms with Crippen LogP contribution >= 0.6 is 0 Å². The number of methoxy groups -OCH3 is 1. The zero-order chi connectivity index (χ0) is 49.8. The van der Waals surface area contributed by atoms with Gasteiger partial charge in [0.1, 0.15) is 67.1 Å². The van der Waals surface area contributed by atoms with E-state index in [2.05, 4.69) is 5.32 Å². The molecule has 0 aliphatic carbocycles. The Bertz CT molecular complexity index is 2380. The molecule has 3 N–H and O–H groups in total. The molecular weight excluding hydrogens is 927 g/mol. The lowest BCUT2D eigenvalue weighted by atomic mass is 9.94. The average Bonchev–Trinajstić information content (AvgIpc) is 3.41. The van der Waals surface area contributed by atoms with Crippen molar-refractivity contribution in [2.24, 2.45) is 0 Å². The van der Waals surface area contributed by atoms with Gasteiger partial charge < -0.3 is 72.4 Å². The maximum atomic E-state index is 12.8. The molecule has 4 heterocycles. The summed E-state index contributed by atoms with van der Waals surface area (Å²) in [4.78, 5) is 12.8. The average molecular weight is 992 g/mol. The van der Waals surface area contributed by atoms with Crippen molar-refractivity contribution in [1.82, 2.24) is 5.32 Å². The SMILES string of the molecule is CO[C@H]1O[C@H](CO)[C@H](O)[C@H](O[C@@H]2O[C@@H]3COC(c4ccccc4)O[C@@H]3[C@H](OCc3ccccc3)[C@H]2O[C@@H]2O[C@@H](C)[C@@H](OCc3ccccc3)[C@@H](OCc3ccccc3)[C@@H]2OCc2ccccc2)[C@H]1NC(C)=O. The van der Waals surface area contributed by atoms with Gasteiger partial charge in [-0.3, -0.25) is 4.79 Å². The van der Waals surface area contributed by atoms with Crippen molar-refractivity contribution in [2.75, 3.05) is 20.3 Å². The Labute approximate surface area is 420 Å². The molecule has 5 aromatic carbocycles. The number of benzene rings is 5. The van der Waals surface area contributed by atoms with E-state index < -0.39 is 111 Å². The Hall–Kier alpha value is -4.99. The van der Waals surface area contributed by atoms with Gasteiger partial charge in [-0.15, -0.1) is 0 Å². The lowest BCUT2D eigenvalue weighted by Gasteiger charge is -2.52. The van der Waals surface area contributed by atoms with E-state index in [0.29, 0.717) is 0 Å². The molecule has 4 saturated heterocycles. The minimum Gasteiger partial charge on any atom is -0.394 e. The van der Waals surface area contributed by atoms with Crippen LogP contribution in [0.15, 0.2) is 152 Å². The van der Waals surface area contributed by atoms with Crippen molar-refractivity contribution < 1.29 is 71.8 Å². The summed E-state index contributed by atoms with van der Waals surface area (Å²) in [6.45, 7) is 3.50. The van der Waals surface area contributed by atoms with Gasteiger partial charge in [-0.2, -0.15) is 0 Å². The van der Waals surface area contributed by atoms with Crippen LogP contribution in [0.3, 0.4) is 0 Å². The van der Waals surface area contributed by atoms with Crippen LogP contribution in [0.4, 0.5) is 0 Å². The van der Waals surface area contributed by atoms with Crippen molar-refractivity contribution in [3.05, 3.63) is 179 Å². The predicted molar refractivity (Wildman–Crippen MR) is 259 cm³/mol. The van der Waals surface area contributed by atoms with Crippen LogP contribution in [0.5, 0.6) is 0 Å². The van der Waals surface area contributed by atoms with E-state index >= 15 is 0 Å². The Morgan fingerprint density at radius 3 is 1.56 bits per heavy atom. The van der Waals surface area contributed by atoms with E-state index in [1.54, 1.807) is 0 Å². The first-order chi connectivity index (χ1) is 35.3. The first kappa shape index (κ1) is 51.9. The van der Waals surface area contributed by atoms with Gasteiger partial charge in [0.15, 0.2) is 25.2 Å². The minimum atomic E-state index is -1.49. The molecule has 16 nitrogen and oxygen atoms in total. The quantitative estimate of drug-likeness (QED) is 0.0837.